The highest BCUT2D eigenvalue weighted by atomic mass is 35.5. The van der Waals surface area contributed by atoms with E-state index in [0.29, 0.717) is 0 Å². The molecular weight excluding hydrogens is 274 g/mol. The van der Waals surface area contributed by atoms with Crippen molar-refractivity contribution in [2.24, 2.45) is 7.05 Å². The topological polar surface area (TPSA) is 3.88 Å². The van der Waals surface area contributed by atoms with E-state index in [9.17, 15) is 0 Å². The highest BCUT2D eigenvalue weighted by molar-refractivity contribution is 7.18. The van der Waals surface area contributed by atoms with Crippen LogP contribution in [0.2, 0.25) is 5.02 Å². The first kappa shape index (κ1) is 12.4. The van der Waals surface area contributed by atoms with Crippen LogP contribution >= 0.6 is 22.9 Å². The average molecular weight is 287 g/mol. The van der Waals surface area contributed by atoms with Crippen LogP contribution in [0, 0.1) is 0 Å². The minimum atomic E-state index is 0.768. The second kappa shape index (κ2) is 5.16. The largest absolute Gasteiger partial charge is 0.262 e. The molecule has 1 heterocycles. The van der Waals surface area contributed by atoms with Gasteiger partial charge >= 0.3 is 0 Å². The van der Waals surface area contributed by atoms with Crippen LogP contribution < -0.4 is 4.57 Å². The standard InChI is InChI=1S/C16H13ClNS/c1-18-14-4-2-3-5-15(14)19-16(18)11-8-12-6-9-13(17)10-7-12/h2-11H,1H3/q+1. The number of hydrogen-bond donors (Lipinski definition) is 0. The Kier molecular flexibility index (Phi) is 3.36. The van der Waals surface area contributed by atoms with Crippen LogP contribution in [0.15, 0.2) is 48.5 Å². The lowest BCUT2D eigenvalue weighted by molar-refractivity contribution is -0.642. The van der Waals surface area contributed by atoms with E-state index in [-0.39, 0.29) is 0 Å². The maximum absolute atomic E-state index is 5.88. The van der Waals surface area contributed by atoms with Gasteiger partial charge in [-0.3, -0.25) is 0 Å². The number of benzene rings is 2. The summed E-state index contributed by atoms with van der Waals surface area (Å²) in [7, 11) is 2.10. The lowest BCUT2D eigenvalue weighted by Gasteiger charge is -1.92. The first-order chi connectivity index (χ1) is 9.24. The lowest BCUT2D eigenvalue weighted by atomic mass is 10.2. The molecule has 0 fully saturated rings. The second-order valence-electron chi connectivity index (χ2n) is 4.35. The predicted molar refractivity (Wildman–Crippen MR) is 83.4 cm³/mol. The molecule has 0 saturated carbocycles. The van der Waals surface area contributed by atoms with Gasteiger partial charge in [0.1, 0.15) is 11.7 Å². The third kappa shape index (κ3) is 2.55. The van der Waals surface area contributed by atoms with Crippen molar-refractivity contribution in [3.63, 3.8) is 0 Å². The van der Waals surface area contributed by atoms with E-state index < -0.39 is 0 Å². The Morgan fingerprint density at radius 2 is 1.74 bits per heavy atom. The van der Waals surface area contributed by atoms with Gasteiger partial charge in [0, 0.05) is 17.2 Å². The van der Waals surface area contributed by atoms with Crippen LogP contribution in [0.1, 0.15) is 10.6 Å². The number of rotatable bonds is 2. The van der Waals surface area contributed by atoms with Crippen molar-refractivity contribution < 1.29 is 4.57 Å². The molecule has 0 radical (unpaired) electrons. The predicted octanol–water partition coefficient (Wildman–Crippen LogP) is 4.55. The molecule has 1 nitrogen and oxygen atoms in total. The third-order valence-corrected chi connectivity index (χ3v) is 4.50. The fourth-order valence-electron chi connectivity index (χ4n) is 2.01. The van der Waals surface area contributed by atoms with Crippen molar-refractivity contribution in [3.05, 3.63) is 64.1 Å². The maximum atomic E-state index is 5.88. The Hall–Kier alpha value is -1.64. The van der Waals surface area contributed by atoms with Gasteiger partial charge in [0.25, 0.3) is 5.01 Å². The highest BCUT2D eigenvalue weighted by Crippen LogP contribution is 2.21. The molecule has 0 spiro atoms. The van der Waals surface area contributed by atoms with Gasteiger partial charge in [-0.05, 0) is 29.8 Å². The SMILES string of the molecule is C[n+]1c(C=Cc2ccc(Cl)cc2)sc2ccccc21. The van der Waals surface area contributed by atoms with E-state index in [2.05, 4.69) is 48.0 Å². The van der Waals surface area contributed by atoms with E-state index >= 15 is 0 Å². The number of halogens is 1. The van der Waals surface area contributed by atoms with Crippen molar-refractivity contribution in [2.45, 2.75) is 0 Å². The van der Waals surface area contributed by atoms with Gasteiger partial charge in [0.15, 0.2) is 0 Å². The summed E-state index contributed by atoms with van der Waals surface area (Å²) in [6, 6.07) is 16.3. The van der Waals surface area contributed by atoms with Gasteiger partial charge in [-0.15, -0.1) is 0 Å². The summed E-state index contributed by atoms with van der Waals surface area (Å²) >= 11 is 7.68. The quantitative estimate of drug-likeness (QED) is 0.609. The normalized spacial score (nSPS) is 11.5. The van der Waals surface area contributed by atoms with Crippen molar-refractivity contribution in [1.29, 1.82) is 0 Å². The van der Waals surface area contributed by atoms with E-state index in [1.54, 1.807) is 11.3 Å². The molecule has 3 aromatic rings. The molecule has 0 unspecified atom stereocenters. The van der Waals surface area contributed by atoms with Crippen LogP contribution in [0.25, 0.3) is 22.4 Å². The van der Waals surface area contributed by atoms with Gasteiger partial charge in [-0.1, -0.05) is 47.2 Å². The van der Waals surface area contributed by atoms with E-state index in [1.807, 2.05) is 24.3 Å². The van der Waals surface area contributed by atoms with E-state index in [0.717, 1.165) is 10.6 Å². The molecule has 2 aromatic carbocycles. The summed E-state index contributed by atoms with van der Waals surface area (Å²) in [5, 5.41) is 2.00. The molecule has 0 aliphatic carbocycles. The fraction of sp³-hybridized carbons (Fsp3) is 0.0625. The average Bonchev–Trinajstić information content (AvgIpc) is 2.76. The van der Waals surface area contributed by atoms with Crippen molar-refractivity contribution in [3.8, 4) is 0 Å². The molecule has 19 heavy (non-hydrogen) atoms. The zero-order valence-corrected chi connectivity index (χ0v) is 12.1. The molecule has 94 valence electrons. The number of aryl methyl sites for hydroxylation is 1. The minimum Gasteiger partial charge on any atom is -0.185 e. The van der Waals surface area contributed by atoms with Crippen molar-refractivity contribution in [2.75, 3.05) is 0 Å². The molecular formula is C16H13ClNS+. The van der Waals surface area contributed by atoms with Crippen LogP contribution in [0.4, 0.5) is 0 Å². The summed E-state index contributed by atoms with van der Waals surface area (Å²) in [6.45, 7) is 0. The number of nitrogens with zero attached hydrogens (tertiary/aromatic N) is 1. The zero-order valence-electron chi connectivity index (χ0n) is 10.5. The molecule has 0 amide bonds. The molecule has 0 aliphatic rings. The van der Waals surface area contributed by atoms with Crippen LogP contribution in [-0.4, -0.2) is 0 Å². The highest BCUT2D eigenvalue weighted by Gasteiger charge is 2.12. The van der Waals surface area contributed by atoms with E-state index in [4.69, 9.17) is 11.6 Å². The number of para-hydroxylation sites is 1. The Labute approximate surface area is 121 Å². The molecule has 3 heteroatoms. The van der Waals surface area contributed by atoms with Crippen molar-refractivity contribution >= 4 is 45.3 Å². The van der Waals surface area contributed by atoms with Gasteiger partial charge in [0.05, 0.1) is 0 Å². The molecule has 0 saturated heterocycles. The molecule has 0 aliphatic heterocycles. The number of thiazole rings is 1. The lowest BCUT2D eigenvalue weighted by Crippen LogP contribution is -2.28. The van der Waals surface area contributed by atoms with Gasteiger partial charge < -0.3 is 0 Å². The van der Waals surface area contributed by atoms with Gasteiger partial charge in [0.2, 0.25) is 5.52 Å². The molecule has 1 aromatic heterocycles. The van der Waals surface area contributed by atoms with Gasteiger partial charge in [-0.25, -0.2) is 0 Å². The Bertz CT molecular complexity index is 741. The zero-order chi connectivity index (χ0) is 13.2. The monoisotopic (exact) mass is 286 g/mol. The number of fused-ring (bicyclic) bond motifs is 1. The fourth-order valence-corrected chi connectivity index (χ4v) is 3.19. The maximum Gasteiger partial charge on any atom is 0.262 e. The number of hydrogen-bond acceptors (Lipinski definition) is 1. The summed E-state index contributed by atoms with van der Waals surface area (Å²) < 4.78 is 3.52. The van der Waals surface area contributed by atoms with Gasteiger partial charge in [-0.2, -0.15) is 4.57 Å². The minimum absolute atomic E-state index is 0.768. The smallest absolute Gasteiger partial charge is 0.185 e. The third-order valence-electron chi connectivity index (χ3n) is 3.06. The van der Waals surface area contributed by atoms with Crippen molar-refractivity contribution in [1.82, 2.24) is 0 Å². The first-order valence-corrected chi connectivity index (χ1v) is 7.25. The summed E-state index contributed by atoms with van der Waals surface area (Å²) in [4.78, 5) is 0. The molecule has 3 rings (SSSR count). The van der Waals surface area contributed by atoms with Crippen LogP contribution in [-0.2, 0) is 7.05 Å². The summed E-state index contributed by atoms with van der Waals surface area (Å²) in [6.07, 6.45) is 4.26. The Balaban J connectivity index is 1.97. The Morgan fingerprint density at radius 1 is 1.00 bits per heavy atom. The number of aromatic nitrogens is 1. The summed E-state index contributed by atoms with van der Waals surface area (Å²) in [5.41, 5.74) is 2.42. The van der Waals surface area contributed by atoms with E-state index in [1.165, 1.54) is 15.2 Å². The molecule has 0 N–H and O–H groups in total. The summed E-state index contributed by atoms with van der Waals surface area (Å²) in [5.74, 6) is 0. The molecule has 0 atom stereocenters. The second-order valence-corrected chi connectivity index (χ2v) is 5.85. The van der Waals surface area contributed by atoms with Crippen LogP contribution in [0.5, 0.6) is 0 Å². The molecule has 0 bridgehead atoms. The Morgan fingerprint density at radius 3 is 2.47 bits per heavy atom. The van der Waals surface area contributed by atoms with Crippen LogP contribution in [0.3, 0.4) is 0 Å². The first-order valence-electron chi connectivity index (χ1n) is 6.05.